The quantitative estimate of drug-likeness (QED) is 0.834. The highest BCUT2D eigenvalue weighted by atomic mass is 16.5. The van der Waals surface area contributed by atoms with Gasteiger partial charge in [-0.25, -0.2) is 0 Å². The Morgan fingerprint density at radius 3 is 2.97 bits per heavy atom. The average Bonchev–Trinajstić information content (AvgIpc) is 3.37. The van der Waals surface area contributed by atoms with Crippen molar-refractivity contribution in [3.05, 3.63) is 41.9 Å². The number of nitrogens with one attached hydrogen (secondary N) is 1. The Hall–Kier alpha value is -2.96. The molecule has 7 nitrogen and oxygen atoms in total. The number of fused-ring (bicyclic) bond motifs is 1. The maximum atomic E-state index is 13.0. The number of rotatable bonds is 5. The van der Waals surface area contributed by atoms with E-state index < -0.39 is 0 Å². The van der Waals surface area contributed by atoms with E-state index in [0.717, 1.165) is 30.6 Å². The van der Waals surface area contributed by atoms with Crippen LogP contribution in [0.3, 0.4) is 0 Å². The van der Waals surface area contributed by atoms with Crippen LogP contribution in [0.25, 0.3) is 0 Å². The number of furan rings is 1. The summed E-state index contributed by atoms with van der Waals surface area (Å²) in [7, 11) is 0. The van der Waals surface area contributed by atoms with Crippen LogP contribution in [0.2, 0.25) is 0 Å². The number of anilines is 1. The molecule has 7 heteroatoms. The average molecular weight is 398 g/mol. The second-order valence-electron chi connectivity index (χ2n) is 7.58. The Bertz CT molecular complexity index is 893. The topological polar surface area (TPSA) is 81.0 Å². The lowest BCUT2D eigenvalue weighted by molar-refractivity contribution is -0.121. The molecule has 0 aliphatic carbocycles. The van der Waals surface area contributed by atoms with Gasteiger partial charge in [0.25, 0.3) is 5.91 Å². The van der Waals surface area contributed by atoms with Gasteiger partial charge in [0, 0.05) is 31.1 Å². The number of carbonyl (C=O) groups excluding carboxylic acids is 2. The standard InChI is InChI=1S/C22H26N2O5/c1-3-27-20-11-16-10-14(2)29-19(16)12-17(20)23-21(25)15-6-4-8-24(13-15)22(26)18-7-5-9-28-18/h5,7,9,11-12,14-15H,3-4,6,8,10,13H2,1-2H3,(H,23,25)/t14-,15-/m0/s1. The minimum absolute atomic E-state index is 0.116. The Balaban J connectivity index is 1.47. The smallest absolute Gasteiger partial charge is 0.289 e. The second kappa shape index (κ2) is 8.19. The molecule has 1 fully saturated rings. The van der Waals surface area contributed by atoms with Crippen molar-refractivity contribution in [2.24, 2.45) is 5.92 Å². The molecule has 1 aromatic heterocycles. The fraction of sp³-hybridized carbons (Fsp3) is 0.455. The molecule has 1 saturated heterocycles. The molecule has 2 aliphatic rings. The third-order valence-corrected chi connectivity index (χ3v) is 5.37. The van der Waals surface area contributed by atoms with E-state index in [1.165, 1.54) is 6.26 Å². The Labute approximate surface area is 170 Å². The van der Waals surface area contributed by atoms with Crippen LogP contribution < -0.4 is 14.8 Å². The molecule has 0 saturated carbocycles. The van der Waals surface area contributed by atoms with E-state index in [1.807, 2.05) is 26.0 Å². The molecule has 0 radical (unpaired) electrons. The van der Waals surface area contributed by atoms with Gasteiger partial charge in [-0.05, 0) is 44.9 Å². The van der Waals surface area contributed by atoms with Crippen LogP contribution in [0.4, 0.5) is 5.69 Å². The Morgan fingerprint density at radius 1 is 1.34 bits per heavy atom. The van der Waals surface area contributed by atoms with Gasteiger partial charge in [-0.15, -0.1) is 0 Å². The van der Waals surface area contributed by atoms with Gasteiger partial charge in [-0.1, -0.05) is 0 Å². The van der Waals surface area contributed by atoms with Gasteiger partial charge in [-0.2, -0.15) is 0 Å². The lowest BCUT2D eigenvalue weighted by Gasteiger charge is -2.31. The van der Waals surface area contributed by atoms with Crippen LogP contribution >= 0.6 is 0 Å². The van der Waals surface area contributed by atoms with E-state index in [2.05, 4.69) is 5.32 Å². The molecule has 0 bridgehead atoms. The number of benzene rings is 1. The number of hydrogen-bond donors (Lipinski definition) is 1. The van der Waals surface area contributed by atoms with Crippen molar-refractivity contribution in [3.63, 3.8) is 0 Å². The number of piperidine rings is 1. The van der Waals surface area contributed by atoms with Crippen LogP contribution in [-0.2, 0) is 11.2 Å². The van der Waals surface area contributed by atoms with Crippen molar-refractivity contribution in [1.29, 1.82) is 0 Å². The van der Waals surface area contributed by atoms with Crippen LogP contribution in [0.1, 0.15) is 42.8 Å². The highest BCUT2D eigenvalue weighted by Crippen LogP contribution is 2.38. The first-order chi connectivity index (χ1) is 14.0. The lowest BCUT2D eigenvalue weighted by atomic mass is 9.96. The van der Waals surface area contributed by atoms with Gasteiger partial charge in [0.05, 0.1) is 24.5 Å². The molecular formula is C22H26N2O5. The zero-order valence-corrected chi connectivity index (χ0v) is 16.8. The maximum Gasteiger partial charge on any atom is 0.289 e. The SMILES string of the molecule is CCOc1cc2c(cc1NC(=O)[C@H]1CCCN(C(=O)c3ccco3)C1)O[C@@H](C)C2. The van der Waals surface area contributed by atoms with Crippen molar-refractivity contribution in [2.45, 2.75) is 39.2 Å². The van der Waals surface area contributed by atoms with E-state index in [4.69, 9.17) is 13.9 Å². The van der Waals surface area contributed by atoms with Gasteiger partial charge in [0.2, 0.25) is 5.91 Å². The zero-order chi connectivity index (χ0) is 20.4. The number of likely N-dealkylation sites (tertiary alicyclic amines) is 1. The number of carbonyl (C=O) groups is 2. The number of hydrogen-bond acceptors (Lipinski definition) is 5. The summed E-state index contributed by atoms with van der Waals surface area (Å²) in [5.74, 6) is 1.15. The summed E-state index contributed by atoms with van der Waals surface area (Å²) >= 11 is 0. The van der Waals surface area contributed by atoms with E-state index in [1.54, 1.807) is 17.0 Å². The Morgan fingerprint density at radius 2 is 2.21 bits per heavy atom. The molecule has 3 heterocycles. The number of ether oxygens (including phenoxy) is 2. The van der Waals surface area contributed by atoms with Crippen LogP contribution in [0, 0.1) is 5.92 Å². The summed E-state index contributed by atoms with van der Waals surface area (Å²) in [4.78, 5) is 27.2. The highest BCUT2D eigenvalue weighted by Gasteiger charge is 2.31. The fourth-order valence-electron chi connectivity index (χ4n) is 3.98. The molecule has 29 heavy (non-hydrogen) atoms. The third kappa shape index (κ3) is 4.09. The number of amides is 2. The van der Waals surface area contributed by atoms with Crippen molar-refractivity contribution in [3.8, 4) is 11.5 Å². The summed E-state index contributed by atoms with van der Waals surface area (Å²) < 4.78 is 16.8. The molecule has 2 atom stereocenters. The summed E-state index contributed by atoms with van der Waals surface area (Å²) in [5, 5.41) is 3.00. The molecule has 154 valence electrons. The maximum absolute atomic E-state index is 13.0. The van der Waals surface area contributed by atoms with Crippen LogP contribution in [0.15, 0.2) is 34.9 Å². The van der Waals surface area contributed by atoms with Crippen molar-refractivity contribution < 1.29 is 23.5 Å². The molecule has 2 aliphatic heterocycles. The normalized spacial score (nSPS) is 20.7. The van der Waals surface area contributed by atoms with Gasteiger partial charge in [-0.3, -0.25) is 9.59 Å². The minimum atomic E-state index is -0.287. The van der Waals surface area contributed by atoms with E-state index in [-0.39, 0.29) is 23.8 Å². The lowest BCUT2D eigenvalue weighted by Crippen LogP contribution is -2.43. The van der Waals surface area contributed by atoms with Crippen LogP contribution in [0.5, 0.6) is 11.5 Å². The molecule has 2 aromatic rings. The second-order valence-corrected chi connectivity index (χ2v) is 7.58. The van der Waals surface area contributed by atoms with Gasteiger partial charge >= 0.3 is 0 Å². The molecular weight excluding hydrogens is 372 g/mol. The fourth-order valence-corrected chi connectivity index (χ4v) is 3.98. The minimum Gasteiger partial charge on any atom is -0.492 e. The predicted octanol–water partition coefficient (Wildman–Crippen LogP) is 3.49. The highest BCUT2D eigenvalue weighted by molar-refractivity contribution is 5.96. The predicted molar refractivity (Wildman–Crippen MR) is 107 cm³/mol. The summed E-state index contributed by atoms with van der Waals surface area (Å²) in [6.45, 7) is 5.43. The first-order valence-electron chi connectivity index (χ1n) is 10.1. The number of nitrogens with zero attached hydrogens (tertiary/aromatic N) is 1. The molecule has 0 unspecified atom stereocenters. The third-order valence-electron chi connectivity index (χ3n) is 5.37. The summed E-state index contributed by atoms with van der Waals surface area (Å²) in [5.41, 5.74) is 1.70. The van der Waals surface area contributed by atoms with Crippen LogP contribution in [-0.4, -0.2) is 42.5 Å². The molecule has 4 rings (SSSR count). The summed E-state index contributed by atoms with van der Waals surface area (Å²) in [6, 6.07) is 7.13. The van der Waals surface area contributed by atoms with Gasteiger partial charge in [0.1, 0.15) is 17.6 Å². The molecule has 1 aromatic carbocycles. The van der Waals surface area contributed by atoms with E-state index >= 15 is 0 Å². The summed E-state index contributed by atoms with van der Waals surface area (Å²) in [6.07, 6.45) is 3.93. The Kier molecular flexibility index (Phi) is 5.47. The monoisotopic (exact) mass is 398 g/mol. The van der Waals surface area contributed by atoms with Gasteiger partial charge in [0.15, 0.2) is 5.76 Å². The zero-order valence-electron chi connectivity index (χ0n) is 16.8. The molecule has 1 N–H and O–H groups in total. The molecule has 2 amide bonds. The van der Waals surface area contributed by atoms with Crippen molar-refractivity contribution in [2.75, 3.05) is 25.0 Å². The van der Waals surface area contributed by atoms with E-state index in [9.17, 15) is 9.59 Å². The van der Waals surface area contributed by atoms with Gasteiger partial charge < -0.3 is 24.1 Å². The largest absolute Gasteiger partial charge is 0.492 e. The van der Waals surface area contributed by atoms with Crippen molar-refractivity contribution in [1.82, 2.24) is 4.90 Å². The van der Waals surface area contributed by atoms with Crippen molar-refractivity contribution >= 4 is 17.5 Å². The molecule has 0 spiro atoms. The van der Waals surface area contributed by atoms with E-state index in [0.29, 0.717) is 36.9 Å². The first kappa shape index (κ1) is 19.4. The first-order valence-corrected chi connectivity index (χ1v) is 10.1.